The van der Waals surface area contributed by atoms with Gasteiger partial charge in [-0.3, -0.25) is 4.90 Å². The Kier molecular flexibility index (Phi) is 4.22. The fraction of sp³-hybridized carbons (Fsp3) is 0.538. The Morgan fingerprint density at radius 3 is 3.11 bits per heavy atom. The van der Waals surface area contributed by atoms with Gasteiger partial charge < -0.3 is 10.1 Å². The highest BCUT2D eigenvalue weighted by Gasteiger charge is 2.09. The van der Waals surface area contributed by atoms with Crippen molar-refractivity contribution in [2.75, 3.05) is 44.7 Å². The van der Waals surface area contributed by atoms with E-state index in [1.165, 1.54) is 0 Å². The number of thiophene rings is 1. The molecule has 1 aliphatic heterocycles. The summed E-state index contributed by atoms with van der Waals surface area (Å²) in [5.41, 5.74) is 0. The molecule has 0 aliphatic carbocycles. The van der Waals surface area contributed by atoms with Gasteiger partial charge in [-0.15, -0.1) is 11.3 Å². The molecule has 6 heteroatoms. The molecule has 1 fully saturated rings. The van der Waals surface area contributed by atoms with Crippen LogP contribution in [-0.2, 0) is 4.74 Å². The van der Waals surface area contributed by atoms with Gasteiger partial charge in [-0.2, -0.15) is 0 Å². The minimum atomic E-state index is 0.870. The van der Waals surface area contributed by atoms with Crippen molar-refractivity contribution in [2.45, 2.75) is 6.42 Å². The third-order valence-electron chi connectivity index (χ3n) is 3.31. The lowest BCUT2D eigenvalue weighted by molar-refractivity contribution is 0.0378. The van der Waals surface area contributed by atoms with Gasteiger partial charge >= 0.3 is 0 Å². The van der Waals surface area contributed by atoms with Crippen LogP contribution in [0.4, 0.5) is 5.82 Å². The number of hydrogen-bond acceptors (Lipinski definition) is 6. The van der Waals surface area contributed by atoms with Crippen molar-refractivity contribution < 1.29 is 4.74 Å². The molecule has 1 saturated heterocycles. The molecule has 1 aliphatic rings. The summed E-state index contributed by atoms with van der Waals surface area (Å²) in [7, 11) is 0. The van der Waals surface area contributed by atoms with Crippen molar-refractivity contribution in [3.63, 3.8) is 0 Å². The average Bonchev–Trinajstić information content (AvgIpc) is 2.94. The summed E-state index contributed by atoms with van der Waals surface area (Å²) in [4.78, 5) is 12.1. The Morgan fingerprint density at radius 2 is 2.21 bits per heavy atom. The number of nitrogens with zero attached hydrogens (tertiary/aromatic N) is 3. The molecular formula is C13H18N4OS. The quantitative estimate of drug-likeness (QED) is 0.846. The standard InChI is InChI=1S/C13H18N4OS/c1(4-17-5-7-18-8-6-17)3-14-12-11-2-9-19-13(11)16-10-15-12/h2,9-10H,1,3-8H2,(H,14,15,16). The Balaban J connectivity index is 1.48. The summed E-state index contributed by atoms with van der Waals surface area (Å²) in [6, 6.07) is 2.07. The van der Waals surface area contributed by atoms with E-state index >= 15 is 0 Å². The van der Waals surface area contributed by atoms with Crippen LogP contribution in [0.2, 0.25) is 0 Å². The molecule has 5 nitrogen and oxygen atoms in total. The minimum Gasteiger partial charge on any atom is -0.379 e. The second-order valence-corrected chi connectivity index (χ2v) is 5.49. The van der Waals surface area contributed by atoms with E-state index in [1.807, 2.05) is 0 Å². The zero-order valence-corrected chi connectivity index (χ0v) is 11.7. The van der Waals surface area contributed by atoms with Gasteiger partial charge in [-0.25, -0.2) is 9.97 Å². The SMILES string of the molecule is c1nc(NCCCN2CCOCC2)c2ccsc2n1. The normalized spacial score (nSPS) is 16.8. The monoisotopic (exact) mass is 278 g/mol. The summed E-state index contributed by atoms with van der Waals surface area (Å²) in [6.45, 7) is 5.92. The summed E-state index contributed by atoms with van der Waals surface area (Å²) in [5.74, 6) is 0.952. The van der Waals surface area contributed by atoms with E-state index in [9.17, 15) is 0 Å². The van der Waals surface area contributed by atoms with Crippen LogP contribution >= 0.6 is 11.3 Å². The highest BCUT2D eigenvalue weighted by Crippen LogP contribution is 2.23. The maximum atomic E-state index is 5.34. The van der Waals surface area contributed by atoms with E-state index in [-0.39, 0.29) is 0 Å². The fourth-order valence-electron chi connectivity index (χ4n) is 2.27. The third kappa shape index (κ3) is 3.20. The lowest BCUT2D eigenvalue weighted by Gasteiger charge is -2.26. The molecule has 0 atom stereocenters. The Morgan fingerprint density at radius 1 is 1.32 bits per heavy atom. The minimum absolute atomic E-state index is 0.870. The van der Waals surface area contributed by atoms with Crippen LogP contribution in [0.1, 0.15) is 6.42 Å². The Hall–Kier alpha value is -1.24. The van der Waals surface area contributed by atoms with Crippen LogP contribution in [0, 0.1) is 0 Å². The number of rotatable bonds is 5. The first-order valence-electron chi connectivity index (χ1n) is 6.66. The molecule has 0 unspecified atom stereocenters. The molecule has 2 aromatic heterocycles. The molecule has 3 rings (SSSR count). The van der Waals surface area contributed by atoms with Crippen LogP contribution < -0.4 is 5.32 Å². The number of nitrogens with one attached hydrogen (secondary N) is 1. The average molecular weight is 278 g/mol. The van der Waals surface area contributed by atoms with Gasteiger partial charge in [0.1, 0.15) is 17.0 Å². The van der Waals surface area contributed by atoms with Crippen molar-refractivity contribution in [2.24, 2.45) is 0 Å². The summed E-state index contributed by atoms with van der Waals surface area (Å²) < 4.78 is 5.34. The molecule has 2 aromatic rings. The van der Waals surface area contributed by atoms with Gasteiger partial charge in [0.2, 0.25) is 0 Å². The van der Waals surface area contributed by atoms with E-state index in [0.29, 0.717) is 0 Å². The molecular weight excluding hydrogens is 260 g/mol. The van der Waals surface area contributed by atoms with Crippen molar-refractivity contribution in [1.29, 1.82) is 0 Å². The number of aromatic nitrogens is 2. The van der Waals surface area contributed by atoms with Crippen LogP contribution in [0.3, 0.4) is 0 Å². The fourth-order valence-corrected chi connectivity index (χ4v) is 3.00. The lowest BCUT2D eigenvalue weighted by Crippen LogP contribution is -2.37. The van der Waals surface area contributed by atoms with E-state index in [4.69, 9.17) is 4.74 Å². The zero-order valence-electron chi connectivity index (χ0n) is 10.8. The summed E-state index contributed by atoms with van der Waals surface area (Å²) in [5, 5.41) is 6.59. The molecule has 1 N–H and O–H groups in total. The van der Waals surface area contributed by atoms with Gasteiger partial charge in [0.05, 0.1) is 18.6 Å². The molecule has 0 aromatic carbocycles. The molecule has 0 spiro atoms. The smallest absolute Gasteiger partial charge is 0.138 e. The van der Waals surface area contributed by atoms with Crippen LogP contribution in [0.5, 0.6) is 0 Å². The molecule has 3 heterocycles. The first-order chi connectivity index (χ1) is 9.43. The highest BCUT2D eigenvalue weighted by atomic mass is 32.1. The topological polar surface area (TPSA) is 50.3 Å². The van der Waals surface area contributed by atoms with Crippen LogP contribution in [0.25, 0.3) is 10.2 Å². The van der Waals surface area contributed by atoms with Crippen LogP contribution in [0.15, 0.2) is 17.8 Å². The second-order valence-electron chi connectivity index (χ2n) is 4.60. The predicted octanol–water partition coefficient (Wildman–Crippen LogP) is 1.83. The summed E-state index contributed by atoms with van der Waals surface area (Å²) in [6.07, 6.45) is 2.75. The molecule has 0 amide bonds. The maximum absolute atomic E-state index is 5.34. The van der Waals surface area contributed by atoms with Gasteiger partial charge in [0, 0.05) is 19.6 Å². The van der Waals surface area contributed by atoms with E-state index < -0.39 is 0 Å². The van der Waals surface area contributed by atoms with Crippen molar-refractivity contribution >= 4 is 27.4 Å². The molecule has 0 saturated carbocycles. The number of anilines is 1. The first-order valence-corrected chi connectivity index (χ1v) is 7.53. The second kappa shape index (κ2) is 6.27. The molecule has 0 radical (unpaired) electrons. The van der Waals surface area contributed by atoms with E-state index in [0.717, 1.165) is 61.8 Å². The number of fused-ring (bicyclic) bond motifs is 1. The number of ether oxygens (including phenoxy) is 1. The van der Waals surface area contributed by atoms with Crippen molar-refractivity contribution in [1.82, 2.24) is 14.9 Å². The van der Waals surface area contributed by atoms with Crippen molar-refractivity contribution in [3.8, 4) is 0 Å². The zero-order chi connectivity index (χ0) is 12.9. The van der Waals surface area contributed by atoms with Gasteiger partial charge in [0.25, 0.3) is 0 Å². The Bertz CT molecular complexity index is 524. The Labute approximate surface area is 116 Å². The van der Waals surface area contributed by atoms with Crippen LogP contribution in [-0.4, -0.2) is 54.3 Å². The molecule has 0 bridgehead atoms. The van der Waals surface area contributed by atoms with Gasteiger partial charge in [-0.05, 0) is 24.4 Å². The number of hydrogen-bond donors (Lipinski definition) is 1. The maximum Gasteiger partial charge on any atom is 0.138 e. The summed E-state index contributed by atoms with van der Waals surface area (Å²) >= 11 is 1.65. The van der Waals surface area contributed by atoms with Gasteiger partial charge in [-0.1, -0.05) is 0 Å². The van der Waals surface area contributed by atoms with E-state index in [2.05, 4.69) is 31.6 Å². The predicted molar refractivity (Wildman–Crippen MR) is 77.8 cm³/mol. The molecule has 19 heavy (non-hydrogen) atoms. The number of morpholine rings is 1. The van der Waals surface area contributed by atoms with E-state index in [1.54, 1.807) is 17.7 Å². The van der Waals surface area contributed by atoms with Gasteiger partial charge in [0.15, 0.2) is 0 Å². The molecule has 102 valence electrons. The van der Waals surface area contributed by atoms with Crippen molar-refractivity contribution in [3.05, 3.63) is 17.8 Å². The third-order valence-corrected chi connectivity index (χ3v) is 4.13. The lowest BCUT2D eigenvalue weighted by atomic mass is 10.3. The first kappa shape index (κ1) is 12.8. The largest absolute Gasteiger partial charge is 0.379 e. The highest BCUT2D eigenvalue weighted by molar-refractivity contribution is 7.16.